The number of nitrogens with one attached hydrogen (secondary N) is 1. The molecule has 1 fully saturated rings. The van der Waals surface area contributed by atoms with Crippen molar-refractivity contribution in [2.45, 2.75) is 0 Å². The van der Waals surface area contributed by atoms with E-state index >= 15 is 0 Å². The number of piperazine rings is 1. The van der Waals surface area contributed by atoms with Crippen molar-refractivity contribution >= 4 is 56.0 Å². The van der Waals surface area contributed by atoms with Gasteiger partial charge in [-0.05, 0) is 58.8 Å². The number of nitrogens with zero attached hydrogens (tertiary/aromatic N) is 2. The summed E-state index contributed by atoms with van der Waals surface area (Å²) in [6.07, 6.45) is 3.51. The number of rotatable bonds is 5. The highest BCUT2D eigenvalue weighted by atomic mass is 79.9. The summed E-state index contributed by atoms with van der Waals surface area (Å²) >= 11 is 3.56. The summed E-state index contributed by atoms with van der Waals surface area (Å²) in [5, 5.41) is 4.93. The Morgan fingerprint density at radius 2 is 1.44 bits per heavy atom. The second-order valence-electron chi connectivity index (χ2n) is 8.70. The van der Waals surface area contributed by atoms with Gasteiger partial charge in [0.25, 0.3) is 5.91 Å². The molecule has 4 aromatic rings. The molecule has 0 atom stereocenters. The Morgan fingerprint density at radius 3 is 2.19 bits per heavy atom. The number of anilines is 2. The molecule has 1 aliphatic rings. The lowest BCUT2D eigenvalue weighted by Crippen LogP contribution is -2.48. The molecule has 2 amide bonds. The molecule has 1 heterocycles. The quantitative estimate of drug-likeness (QED) is 0.306. The molecule has 0 bridgehead atoms. The minimum absolute atomic E-state index is 0.0389. The van der Waals surface area contributed by atoms with E-state index in [0.29, 0.717) is 18.7 Å². The van der Waals surface area contributed by atoms with Crippen LogP contribution in [-0.2, 0) is 4.79 Å². The lowest BCUT2D eigenvalue weighted by molar-refractivity contribution is -0.126. The van der Waals surface area contributed by atoms with E-state index in [1.807, 2.05) is 102 Å². The van der Waals surface area contributed by atoms with Crippen molar-refractivity contribution in [3.05, 3.63) is 113 Å². The zero-order valence-corrected chi connectivity index (χ0v) is 21.3. The van der Waals surface area contributed by atoms with Crippen molar-refractivity contribution in [2.75, 3.05) is 36.4 Å². The third-order valence-electron chi connectivity index (χ3n) is 6.41. The van der Waals surface area contributed by atoms with Gasteiger partial charge in [0.15, 0.2) is 0 Å². The van der Waals surface area contributed by atoms with Crippen LogP contribution in [0, 0.1) is 0 Å². The summed E-state index contributed by atoms with van der Waals surface area (Å²) in [6.45, 7) is 2.88. The van der Waals surface area contributed by atoms with Gasteiger partial charge in [-0.25, -0.2) is 0 Å². The van der Waals surface area contributed by atoms with E-state index in [1.165, 1.54) is 0 Å². The van der Waals surface area contributed by atoms with Crippen molar-refractivity contribution in [2.24, 2.45) is 0 Å². The molecule has 5 nitrogen and oxygen atoms in total. The number of hydrogen-bond donors (Lipinski definition) is 1. The fourth-order valence-corrected chi connectivity index (χ4v) is 4.94. The Morgan fingerprint density at radius 1 is 0.750 bits per heavy atom. The summed E-state index contributed by atoms with van der Waals surface area (Å²) in [5.74, 6) is -0.0980. The van der Waals surface area contributed by atoms with Gasteiger partial charge < -0.3 is 15.1 Å². The molecule has 4 aromatic carbocycles. The molecule has 0 aliphatic carbocycles. The third-order valence-corrected chi connectivity index (χ3v) is 7.10. The Labute approximate surface area is 219 Å². The van der Waals surface area contributed by atoms with Crippen LogP contribution in [0.5, 0.6) is 0 Å². The summed E-state index contributed by atoms with van der Waals surface area (Å²) in [7, 11) is 0. The minimum Gasteiger partial charge on any atom is -0.368 e. The first-order valence-corrected chi connectivity index (χ1v) is 12.7. The number of hydrogen-bond acceptors (Lipinski definition) is 3. The van der Waals surface area contributed by atoms with E-state index in [9.17, 15) is 9.59 Å². The predicted molar refractivity (Wildman–Crippen MR) is 150 cm³/mol. The van der Waals surface area contributed by atoms with Gasteiger partial charge in [0, 0.05) is 53.7 Å². The van der Waals surface area contributed by atoms with E-state index in [2.05, 4.69) is 26.1 Å². The van der Waals surface area contributed by atoms with Crippen LogP contribution in [-0.4, -0.2) is 42.9 Å². The van der Waals surface area contributed by atoms with E-state index in [1.54, 1.807) is 6.08 Å². The number of fused-ring (bicyclic) bond motifs is 1. The average molecular weight is 540 g/mol. The highest BCUT2D eigenvalue weighted by Crippen LogP contribution is 2.27. The molecule has 0 radical (unpaired) electrons. The normalized spacial score (nSPS) is 13.8. The Bertz CT molecular complexity index is 1410. The summed E-state index contributed by atoms with van der Waals surface area (Å²) in [6, 6.07) is 29.3. The molecule has 1 saturated heterocycles. The van der Waals surface area contributed by atoms with Gasteiger partial charge in [-0.15, -0.1) is 0 Å². The average Bonchev–Trinajstić information content (AvgIpc) is 2.93. The molecular weight excluding hydrogens is 514 g/mol. The first-order valence-electron chi connectivity index (χ1n) is 11.9. The van der Waals surface area contributed by atoms with E-state index in [0.717, 1.165) is 45.3 Å². The topological polar surface area (TPSA) is 52.7 Å². The smallest absolute Gasteiger partial charge is 0.256 e. The van der Waals surface area contributed by atoms with Gasteiger partial charge in [0.05, 0.1) is 0 Å². The third kappa shape index (κ3) is 5.34. The lowest BCUT2D eigenvalue weighted by Gasteiger charge is -2.35. The van der Waals surface area contributed by atoms with E-state index in [4.69, 9.17) is 0 Å². The molecule has 0 saturated carbocycles. The highest BCUT2D eigenvalue weighted by Gasteiger charge is 2.20. The van der Waals surface area contributed by atoms with Crippen molar-refractivity contribution in [1.82, 2.24) is 4.90 Å². The van der Waals surface area contributed by atoms with Gasteiger partial charge in [0.1, 0.15) is 0 Å². The molecule has 0 aromatic heterocycles. The van der Waals surface area contributed by atoms with Crippen molar-refractivity contribution < 1.29 is 9.59 Å². The minimum atomic E-state index is -0.137. The van der Waals surface area contributed by atoms with Gasteiger partial charge in [-0.2, -0.15) is 0 Å². The van der Waals surface area contributed by atoms with Crippen LogP contribution in [0.1, 0.15) is 15.9 Å². The van der Waals surface area contributed by atoms with Crippen LogP contribution in [0.15, 0.2) is 102 Å². The van der Waals surface area contributed by atoms with Crippen LogP contribution in [0.3, 0.4) is 0 Å². The maximum Gasteiger partial charge on any atom is 0.256 e. The maximum atomic E-state index is 13.0. The first kappa shape index (κ1) is 23.8. The predicted octanol–water partition coefficient (Wildman–Crippen LogP) is 6.22. The number of carbonyl (C=O) groups is 2. The number of carbonyl (C=O) groups excluding carboxylic acids is 2. The van der Waals surface area contributed by atoms with Gasteiger partial charge in [0.2, 0.25) is 5.91 Å². The highest BCUT2D eigenvalue weighted by molar-refractivity contribution is 9.10. The van der Waals surface area contributed by atoms with Gasteiger partial charge in [-0.1, -0.05) is 70.5 Å². The Kier molecular flexibility index (Phi) is 7.14. The number of halogens is 1. The molecule has 0 spiro atoms. The van der Waals surface area contributed by atoms with Crippen molar-refractivity contribution in [3.8, 4) is 0 Å². The zero-order valence-electron chi connectivity index (χ0n) is 19.7. The second kappa shape index (κ2) is 10.8. The van der Waals surface area contributed by atoms with Crippen LogP contribution in [0.2, 0.25) is 0 Å². The summed E-state index contributed by atoms with van der Waals surface area (Å²) in [4.78, 5) is 29.7. The number of benzene rings is 4. The van der Waals surface area contributed by atoms with Crippen LogP contribution in [0.4, 0.5) is 11.4 Å². The summed E-state index contributed by atoms with van der Waals surface area (Å²) < 4.78 is 0.966. The van der Waals surface area contributed by atoms with E-state index in [-0.39, 0.29) is 11.8 Å². The SMILES string of the molecule is O=C(Nc1ccc(N2CCN(C(=O)C=Cc3ccccc3)CC2)cc1)c1cccc2c(Br)cccc12. The zero-order chi connectivity index (χ0) is 24.9. The van der Waals surface area contributed by atoms with Crippen molar-refractivity contribution in [3.63, 3.8) is 0 Å². The van der Waals surface area contributed by atoms with Gasteiger partial charge in [-0.3, -0.25) is 9.59 Å². The fourth-order valence-electron chi connectivity index (χ4n) is 4.45. The molecule has 0 unspecified atom stereocenters. The first-order chi connectivity index (χ1) is 17.6. The van der Waals surface area contributed by atoms with Crippen LogP contribution in [0.25, 0.3) is 16.8 Å². The monoisotopic (exact) mass is 539 g/mol. The molecule has 5 rings (SSSR count). The maximum absolute atomic E-state index is 13.0. The number of amides is 2. The van der Waals surface area contributed by atoms with Crippen LogP contribution >= 0.6 is 15.9 Å². The molecular formula is C30H26BrN3O2. The second-order valence-corrected chi connectivity index (χ2v) is 9.55. The fraction of sp³-hybridized carbons (Fsp3) is 0.133. The largest absolute Gasteiger partial charge is 0.368 e. The lowest BCUT2D eigenvalue weighted by atomic mass is 10.0. The van der Waals surface area contributed by atoms with E-state index < -0.39 is 0 Å². The van der Waals surface area contributed by atoms with Crippen LogP contribution < -0.4 is 10.2 Å². The van der Waals surface area contributed by atoms with Gasteiger partial charge >= 0.3 is 0 Å². The Balaban J connectivity index is 1.18. The molecule has 36 heavy (non-hydrogen) atoms. The molecule has 1 N–H and O–H groups in total. The summed E-state index contributed by atoms with van der Waals surface area (Å²) in [5.41, 5.74) is 3.48. The molecule has 1 aliphatic heterocycles. The van der Waals surface area contributed by atoms with Crippen molar-refractivity contribution in [1.29, 1.82) is 0 Å². The standard InChI is InChI=1S/C30H26BrN3O2/c31-28-11-5-8-25-26(28)9-4-10-27(25)30(36)32-23-13-15-24(16-14-23)33-18-20-34(21-19-33)29(35)17-12-22-6-2-1-3-7-22/h1-17H,18-21H2,(H,32,36). The molecule has 6 heteroatoms. The molecule has 180 valence electrons. The Hall–Kier alpha value is -3.90.